The Kier molecular flexibility index (Phi) is 4.39. The van der Waals surface area contributed by atoms with Crippen molar-refractivity contribution in [3.8, 4) is 6.07 Å². The molecule has 0 aromatic heterocycles. The Labute approximate surface area is 114 Å². The van der Waals surface area contributed by atoms with Crippen LogP contribution >= 0.6 is 0 Å². The molecule has 2 rings (SSSR count). The second kappa shape index (κ2) is 6.03. The van der Waals surface area contributed by atoms with E-state index in [1.54, 1.807) is 6.07 Å². The van der Waals surface area contributed by atoms with E-state index in [-0.39, 0.29) is 5.82 Å². The van der Waals surface area contributed by atoms with Crippen molar-refractivity contribution in [3.63, 3.8) is 0 Å². The maximum Gasteiger partial charge on any atom is 0.126 e. The Morgan fingerprint density at radius 3 is 2.74 bits per heavy atom. The molecule has 0 N–H and O–H groups in total. The highest BCUT2D eigenvalue weighted by Crippen LogP contribution is 2.24. The Morgan fingerprint density at radius 1 is 1.37 bits per heavy atom. The average Bonchev–Trinajstić information content (AvgIpc) is 2.89. The van der Waals surface area contributed by atoms with Crippen molar-refractivity contribution >= 4 is 5.69 Å². The van der Waals surface area contributed by atoms with Gasteiger partial charge < -0.3 is 4.90 Å². The zero-order chi connectivity index (χ0) is 13.8. The first-order valence-corrected chi connectivity index (χ1v) is 6.87. The topological polar surface area (TPSA) is 30.3 Å². The van der Waals surface area contributed by atoms with E-state index >= 15 is 0 Å². The molecule has 1 aromatic rings. The van der Waals surface area contributed by atoms with Gasteiger partial charge in [-0.25, -0.2) is 4.39 Å². The summed E-state index contributed by atoms with van der Waals surface area (Å²) in [6, 6.07) is 7.11. The van der Waals surface area contributed by atoms with Crippen LogP contribution in [-0.2, 0) is 0 Å². The lowest BCUT2D eigenvalue weighted by Gasteiger charge is -2.26. The maximum atomic E-state index is 13.5. The van der Waals surface area contributed by atoms with Crippen LogP contribution in [0.4, 0.5) is 10.1 Å². The molecule has 1 unspecified atom stereocenters. The average molecular weight is 261 g/mol. The highest BCUT2D eigenvalue weighted by molar-refractivity contribution is 5.52. The molecule has 0 saturated carbocycles. The standard InChI is InChI=1S/C15H20FN3/c1-3-18(4-2)14-5-6-19(11-14)15-8-12(10-17)7-13(16)9-15/h7-9,14H,3-6,11H2,1-2H3. The molecule has 4 heteroatoms. The smallest absolute Gasteiger partial charge is 0.126 e. The van der Waals surface area contributed by atoms with Crippen LogP contribution in [0.15, 0.2) is 18.2 Å². The van der Waals surface area contributed by atoms with E-state index in [9.17, 15) is 4.39 Å². The number of halogens is 1. The number of anilines is 1. The Morgan fingerprint density at radius 2 is 2.11 bits per heavy atom. The van der Waals surface area contributed by atoms with E-state index in [1.807, 2.05) is 6.07 Å². The Hall–Kier alpha value is -1.60. The summed E-state index contributed by atoms with van der Waals surface area (Å²) in [6.07, 6.45) is 1.10. The van der Waals surface area contributed by atoms with Crippen LogP contribution in [0.3, 0.4) is 0 Å². The quantitative estimate of drug-likeness (QED) is 0.834. The number of nitrogens with zero attached hydrogens (tertiary/aromatic N) is 3. The zero-order valence-corrected chi connectivity index (χ0v) is 11.6. The second-order valence-electron chi connectivity index (χ2n) is 4.92. The number of nitriles is 1. The van der Waals surface area contributed by atoms with Gasteiger partial charge in [0.15, 0.2) is 0 Å². The summed E-state index contributed by atoms with van der Waals surface area (Å²) < 4.78 is 13.5. The molecular weight excluding hydrogens is 241 g/mol. The third kappa shape index (κ3) is 3.05. The van der Waals surface area contributed by atoms with Crippen molar-refractivity contribution in [1.82, 2.24) is 4.90 Å². The van der Waals surface area contributed by atoms with Gasteiger partial charge in [0.05, 0.1) is 11.6 Å². The van der Waals surface area contributed by atoms with Gasteiger partial charge in [0.25, 0.3) is 0 Å². The lowest BCUT2D eigenvalue weighted by molar-refractivity contribution is 0.232. The molecule has 1 aliphatic rings. The van der Waals surface area contributed by atoms with Crippen LogP contribution < -0.4 is 4.90 Å². The summed E-state index contributed by atoms with van der Waals surface area (Å²) in [4.78, 5) is 4.61. The molecule has 19 heavy (non-hydrogen) atoms. The van der Waals surface area contributed by atoms with Gasteiger partial charge >= 0.3 is 0 Å². The van der Waals surface area contributed by atoms with Crippen LogP contribution in [0.2, 0.25) is 0 Å². The molecule has 0 aliphatic carbocycles. The second-order valence-corrected chi connectivity index (χ2v) is 4.92. The van der Waals surface area contributed by atoms with Crippen molar-refractivity contribution in [2.45, 2.75) is 26.3 Å². The van der Waals surface area contributed by atoms with E-state index in [2.05, 4.69) is 23.6 Å². The fourth-order valence-electron chi connectivity index (χ4n) is 2.84. The molecule has 1 aliphatic heterocycles. The number of hydrogen-bond acceptors (Lipinski definition) is 3. The normalized spacial score (nSPS) is 18.9. The minimum Gasteiger partial charge on any atom is -0.370 e. The number of benzene rings is 1. The molecule has 0 radical (unpaired) electrons. The summed E-state index contributed by atoms with van der Waals surface area (Å²) >= 11 is 0. The van der Waals surface area contributed by atoms with Crippen molar-refractivity contribution in [1.29, 1.82) is 5.26 Å². The van der Waals surface area contributed by atoms with Gasteiger partial charge in [0.2, 0.25) is 0 Å². The molecule has 1 heterocycles. The van der Waals surface area contributed by atoms with Crippen molar-refractivity contribution < 1.29 is 4.39 Å². The molecule has 0 spiro atoms. The minimum absolute atomic E-state index is 0.333. The molecule has 1 atom stereocenters. The van der Waals surface area contributed by atoms with Crippen molar-refractivity contribution in [2.24, 2.45) is 0 Å². The van der Waals surface area contributed by atoms with Crippen LogP contribution in [0.25, 0.3) is 0 Å². The van der Waals surface area contributed by atoms with Gasteiger partial charge in [-0.05, 0) is 37.7 Å². The summed E-state index contributed by atoms with van der Waals surface area (Å²) in [7, 11) is 0. The molecule has 3 nitrogen and oxygen atoms in total. The summed E-state index contributed by atoms with van der Waals surface area (Å²) in [5.74, 6) is -0.333. The molecule has 102 valence electrons. The first-order chi connectivity index (χ1) is 9.17. The minimum atomic E-state index is -0.333. The van der Waals surface area contributed by atoms with Gasteiger partial charge in [-0.2, -0.15) is 5.26 Å². The molecule has 1 saturated heterocycles. The van der Waals surface area contributed by atoms with E-state index in [4.69, 9.17) is 5.26 Å². The van der Waals surface area contributed by atoms with E-state index < -0.39 is 0 Å². The molecule has 0 bridgehead atoms. The highest BCUT2D eigenvalue weighted by atomic mass is 19.1. The predicted octanol–water partition coefficient (Wildman–Crippen LogP) is 2.62. The summed E-state index contributed by atoms with van der Waals surface area (Å²) in [5, 5.41) is 8.90. The number of hydrogen-bond donors (Lipinski definition) is 0. The van der Waals surface area contributed by atoms with E-state index in [0.29, 0.717) is 11.6 Å². The van der Waals surface area contributed by atoms with Crippen LogP contribution in [0, 0.1) is 17.1 Å². The number of likely N-dealkylation sites (N-methyl/N-ethyl adjacent to an activating group) is 1. The Bertz CT molecular complexity index is 477. The first kappa shape index (κ1) is 13.8. The third-order valence-corrected chi connectivity index (χ3v) is 3.87. The van der Waals surface area contributed by atoms with Gasteiger partial charge in [0, 0.05) is 24.8 Å². The third-order valence-electron chi connectivity index (χ3n) is 3.87. The molecular formula is C15H20FN3. The summed E-state index contributed by atoms with van der Waals surface area (Å²) in [6.45, 7) is 8.26. The van der Waals surface area contributed by atoms with Crippen LogP contribution in [-0.4, -0.2) is 37.1 Å². The fourth-order valence-corrected chi connectivity index (χ4v) is 2.84. The monoisotopic (exact) mass is 261 g/mol. The van der Waals surface area contributed by atoms with Gasteiger partial charge in [-0.1, -0.05) is 13.8 Å². The lowest BCUT2D eigenvalue weighted by atomic mass is 10.2. The zero-order valence-electron chi connectivity index (χ0n) is 11.6. The van der Waals surface area contributed by atoms with E-state index in [0.717, 1.165) is 38.3 Å². The highest BCUT2D eigenvalue weighted by Gasteiger charge is 2.26. The van der Waals surface area contributed by atoms with Crippen molar-refractivity contribution in [3.05, 3.63) is 29.6 Å². The number of rotatable bonds is 4. The largest absolute Gasteiger partial charge is 0.370 e. The van der Waals surface area contributed by atoms with Gasteiger partial charge in [-0.3, -0.25) is 4.90 Å². The lowest BCUT2D eigenvalue weighted by Crippen LogP contribution is -2.37. The molecule has 0 amide bonds. The molecule has 1 fully saturated rings. The predicted molar refractivity (Wildman–Crippen MR) is 74.7 cm³/mol. The van der Waals surface area contributed by atoms with Crippen LogP contribution in [0.5, 0.6) is 0 Å². The molecule has 1 aromatic carbocycles. The van der Waals surface area contributed by atoms with Crippen LogP contribution in [0.1, 0.15) is 25.8 Å². The Balaban J connectivity index is 2.13. The van der Waals surface area contributed by atoms with E-state index in [1.165, 1.54) is 12.1 Å². The van der Waals surface area contributed by atoms with Gasteiger partial charge in [-0.15, -0.1) is 0 Å². The maximum absolute atomic E-state index is 13.5. The SMILES string of the molecule is CCN(CC)C1CCN(c2cc(F)cc(C#N)c2)C1. The van der Waals surface area contributed by atoms with Gasteiger partial charge in [0.1, 0.15) is 5.82 Å². The fraction of sp³-hybridized carbons (Fsp3) is 0.533. The summed E-state index contributed by atoms with van der Waals surface area (Å²) in [5.41, 5.74) is 1.22. The first-order valence-electron chi connectivity index (χ1n) is 6.87. The van der Waals surface area contributed by atoms with Crippen molar-refractivity contribution in [2.75, 3.05) is 31.1 Å².